The van der Waals surface area contributed by atoms with E-state index in [9.17, 15) is 0 Å². The van der Waals surface area contributed by atoms with Gasteiger partial charge in [-0.25, -0.2) is 4.98 Å². The first kappa shape index (κ1) is 6.31. The van der Waals surface area contributed by atoms with Crippen molar-refractivity contribution in [2.75, 3.05) is 0 Å². The van der Waals surface area contributed by atoms with E-state index in [-0.39, 0.29) is 5.82 Å². The number of aromatic nitrogens is 2. The molecule has 1 heterocycles. The van der Waals surface area contributed by atoms with Gasteiger partial charge in [-0.1, -0.05) is 0 Å². The molecule has 0 atom stereocenters. The van der Waals surface area contributed by atoms with Crippen LogP contribution in [0.5, 0.6) is 6.01 Å². The van der Waals surface area contributed by atoms with Crippen LogP contribution in [0, 0.1) is 0 Å². The summed E-state index contributed by atoms with van der Waals surface area (Å²) in [5.74, 6) is 0.106. The van der Waals surface area contributed by atoms with E-state index >= 15 is 0 Å². The van der Waals surface area contributed by atoms with Crippen LogP contribution in [-0.2, 0) is 0 Å². The van der Waals surface area contributed by atoms with Crippen LogP contribution < -0.4 is 0 Å². The molecule has 0 unspecified atom stereocenters. The second-order valence-electron chi connectivity index (χ2n) is 1.40. The summed E-state index contributed by atoms with van der Waals surface area (Å²) in [5.41, 5.74) is 7.93. The highest BCUT2D eigenvalue weighted by Crippen LogP contribution is 2.08. The average molecular weight is 137 g/mol. The first-order valence-electron chi connectivity index (χ1n) is 2.40. The Hall–Kier alpha value is -1.81. The van der Waals surface area contributed by atoms with Gasteiger partial charge in [0.2, 0.25) is 0 Å². The molecule has 1 N–H and O–H groups in total. The lowest BCUT2D eigenvalue weighted by molar-refractivity contribution is 0.431. The number of rotatable bonds is 1. The first-order valence-corrected chi connectivity index (χ1v) is 2.40. The first-order chi connectivity index (χ1) is 4.83. The van der Waals surface area contributed by atoms with Gasteiger partial charge in [-0.3, -0.25) is 0 Å². The largest absolute Gasteiger partial charge is 0.479 e. The number of hydrogen-bond donors (Lipinski definition) is 1. The quantitative estimate of drug-likeness (QED) is 0.357. The molecule has 0 aliphatic carbocycles. The van der Waals surface area contributed by atoms with Gasteiger partial charge in [-0.15, -0.1) is 0 Å². The van der Waals surface area contributed by atoms with Gasteiger partial charge in [-0.2, -0.15) is 4.98 Å². The second kappa shape index (κ2) is 2.65. The van der Waals surface area contributed by atoms with Crippen LogP contribution in [-0.4, -0.2) is 15.1 Å². The van der Waals surface area contributed by atoms with Gasteiger partial charge in [-0.05, 0) is 16.7 Å². The Balaban J connectivity index is 3.06. The lowest BCUT2D eigenvalue weighted by Gasteiger charge is -1.88. The molecule has 0 saturated carbocycles. The molecule has 0 amide bonds. The fourth-order valence-corrected chi connectivity index (χ4v) is 0.441. The maximum absolute atomic E-state index is 8.63. The van der Waals surface area contributed by atoms with Crippen molar-refractivity contribution in [2.24, 2.45) is 5.11 Å². The summed E-state index contributed by atoms with van der Waals surface area (Å²) in [6.45, 7) is 0. The molecule has 0 spiro atoms. The summed E-state index contributed by atoms with van der Waals surface area (Å²) >= 11 is 0. The number of nitrogens with zero attached hydrogens (tertiary/aromatic N) is 5. The van der Waals surface area contributed by atoms with Gasteiger partial charge in [0.15, 0.2) is 0 Å². The lowest BCUT2D eigenvalue weighted by atomic mass is 10.6. The van der Waals surface area contributed by atoms with E-state index in [1.807, 2.05) is 0 Å². The fourth-order valence-electron chi connectivity index (χ4n) is 0.441. The summed E-state index contributed by atoms with van der Waals surface area (Å²) in [7, 11) is 0. The Labute approximate surface area is 55.8 Å². The van der Waals surface area contributed by atoms with E-state index in [0.717, 1.165) is 0 Å². The average Bonchev–Trinajstić information content (AvgIpc) is 1.88. The van der Waals surface area contributed by atoms with E-state index in [0.29, 0.717) is 0 Å². The molecule has 0 aliphatic rings. The van der Waals surface area contributed by atoms with E-state index in [1.165, 1.54) is 12.3 Å². The normalized spacial score (nSPS) is 8.40. The van der Waals surface area contributed by atoms with Crippen molar-refractivity contribution in [3.05, 3.63) is 22.7 Å². The number of azide groups is 1. The van der Waals surface area contributed by atoms with Crippen molar-refractivity contribution in [3.8, 4) is 6.01 Å². The molecule has 0 saturated heterocycles. The Bertz CT molecular complexity index is 279. The maximum atomic E-state index is 8.63. The summed E-state index contributed by atoms with van der Waals surface area (Å²) in [5, 5.41) is 11.8. The molecule has 0 aromatic carbocycles. The minimum absolute atomic E-state index is 0.106. The standard InChI is InChI=1S/C4H3N5O/c5-9-8-3-1-2-6-4(10)7-3/h1-2H,(H,6,7,10). The third kappa shape index (κ3) is 1.33. The van der Waals surface area contributed by atoms with Crippen molar-refractivity contribution in [1.82, 2.24) is 9.97 Å². The molecule has 0 bridgehead atoms. The van der Waals surface area contributed by atoms with Gasteiger partial charge in [0.05, 0.1) is 0 Å². The zero-order chi connectivity index (χ0) is 7.40. The molecule has 1 rings (SSSR count). The second-order valence-corrected chi connectivity index (χ2v) is 1.40. The summed E-state index contributed by atoms with van der Waals surface area (Å²) in [4.78, 5) is 9.24. The topological polar surface area (TPSA) is 94.8 Å². The fraction of sp³-hybridized carbons (Fsp3) is 0. The number of hydrogen-bond acceptors (Lipinski definition) is 4. The Morgan fingerprint density at radius 1 is 1.70 bits per heavy atom. The van der Waals surface area contributed by atoms with E-state index < -0.39 is 6.01 Å². The molecular formula is C4H3N5O. The summed E-state index contributed by atoms with van der Waals surface area (Å²) < 4.78 is 0. The predicted octanol–water partition coefficient (Wildman–Crippen LogP) is 1.12. The Kier molecular flexibility index (Phi) is 1.67. The minimum atomic E-state index is -0.398. The Morgan fingerprint density at radius 2 is 2.50 bits per heavy atom. The van der Waals surface area contributed by atoms with E-state index in [2.05, 4.69) is 20.0 Å². The zero-order valence-corrected chi connectivity index (χ0v) is 4.84. The maximum Gasteiger partial charge on any atom is 0.314 e. The van der Waals surface area contributed by atoms with Crippen molar-refractivity contribution in [1.29, 1.82) is 0 Å². The van der Waals surface area contributed by atoms with Crippen molar-refractivity contribution in [3.63, 3.8) is 0 Å². The van der Waals surface area contributed by atoms with Crippen LogP contribution >= 0.6 is 0 Å². The van der Waals surface area contributed by atoms with Crippen LogP contribution in [0.2, 0.25) is 0 Å². The predicted molar refractivity (Wildman–Crippen MR) is 32.5 cm³/mol. The van der Waals surface area contributed by atoms with Gasteiger partial charge < -0.3 is 5.11 Å². The monoisotopic (exact) mass is 137 g/mol. The van der Waals surface area contributed by atoms with Crippen molar-refractivity contribution >= 4 is 5.82 Å². The third-order valence-corrected chi connectivity index (χ3v) is 0.775. The molecule has 6 nitrogen and oxygen atoms in total. The zero-order valence-electron chi connectivity index (χ0n) is 4.84. The highest BCUT2D eigenvalue weighted by Gasteiger charge is 1.90. The lowest BCUT2D eigenvalue weighted by Crippen LogP contribution is -1.76. The Morgan fingerprint density at radius 3 is 3.10 bits per heavy atom. The van der Waals surface area contributed by atoms with Gasteiger partial charge in [0.25, 0.3) is 0 Å². The van der Waals surface area contributed by atoms with Gasteiger partial charge in [0, 0.05) is 11.1 Å². The molecule has 10 heavy (non-hydrogen) atoms. The van der Waals surface area contributed by atoms with E-state index in [4.69, 9.17) is 10.6 Å². The molecular weight excluding hydrogens is 134 g/mol. The van der Waals surface area contributed by atoms with Gasteiger partial charge >= 0.3 is 6.01 Å². The number of aromatic hydroxyl groups is 1. The molecule has 0 radical (unpaired) electrons. The minimum Gasteiger partial charge on any atom is -0.479 e. The van der Waals surface area contributed by atoms with Crippen LogP contribution in [0.25, 0.3) is 10.4 Å². The highest BCUT2D eigenvalue weighted by atomic mass is 16.3. The van der Waals surface area contributed by atoms with Crippen LogP contribution in [0.3, 0.4) is 0 Å². The van der Waals surface area contributed by atoms with Crippen molar-refractivity contribution in [2.45, 2.75) is 0 Å². The van der Waals surface area contributed by atoms with E-state index in [1.54, 1.807) is 0 Å². The van der Waals surface area contributed by atoms with Crippen molar-refractivity contribution < 1.29 is 5.11 Å². The van der Waals surface area contributed by atoms with Crippen LogP contribution in [0.1, 0.15) is 0 Å². The summed E-state index contributed by atoms with van der Waals surface area (Å²) in [6, 6.07) is 0.990. The summed E-state index contributed by atoms with van der Waals surface area (Å²) in [6.07, 6.45) is 1.30. The molecule has 1 aromatic heterocycles. The SMILES string of the molecule is [N-]=[N+]=Nc1ccnc(O)n1. The van der Waals surface area contributed by atoms with Crippen LogP contribution in [0.4, 0.5) is 5.82 Å². The molecule has 0 fully saturated rings. The highest BCUT2D eigenvalue weighted by molar-refractivity contribution is 5.25. The smallest absolute Gasteiger partial charge is 0.314 e. The molecule has 0 aliphatic heterocycles. The third-order valence-electron chi connectivity index (χ3n) is 0.775. The van der Waals surface area contributed by atoms with Gasteiger partial charge in [0.1, 0.15) is 5.82 Å². The molecule has 6 heteroatoms. The van der Waals surface area contributed by atoms with Crippen LogP contribution in [0.15, 0.2) is 17.4 Å². The molecule has 50 valence electrons. The molecule has 1 aromatic rings.